The van der Waals surface area contributed by atoms with Gasteiger partial charge in [-0.25, -0.2) is 0 Å². The number of esters is 1. The Labute approximate surface area is 119 Å². The number of hydrogen-bond acceptors (Lipinski definition) is 3. The van der Waals surface area contributed by atoms with Crippen molar-refractivity contribution in [1.29, 1.82) is 0 Å². The third-order valence-corrected chi connectivity index (χ3v) is 3.72. The molecule has 1 aromatic carbocycles. The van der Waals surface area contributed by atoms with E-state index in [9.17, 15) is 9.59 Å². The summed E-state index contributed by atoms with van der Waals surface area (Å²) in [6, 6.07) is 8.08. The highest BCUT2D eigenvalue weighted by molar-refractivity contribution is 5.87. The Kier molecular flexibility index (Phi) is 4.77. The quantitative estimate of drug-likeness (QED) is 0.791. The molecule has 1 aliphatic carbocycles. The van der Waals surface area contributed by atoms with E-state index in [0.29, 0.717) is 6.61 Å². The maximum absolute atomic E-state index is 12.5. The van der Waals surface area contributed by atoms with Crippen molar-refractivity contribution in [2.45, 2.75) is 32.1 Å². The number of benzene rings is 1. The molecule has 0 spiro atoms. The van der Waals surface area contributed by atoms with Gasteiger partial charge in [0.05, 0.1) is 12.5 Å². The van der Waals surface area contributed by atoms with Crippen LogP contribution in [-0.4, -0.2) is 37.0 Å². The van der Waals surface area contributed by atoms with Crippen LogP contribution in [0.1, 0.15) is 36.8 Å². The molecule has 0 saturated carbocycles. The highest BCUT2D eigenvalue weighted by Gasteiger charge is 2.29. The minimum Gasteiger partial charge on any atom is -0.465 e. The molecule has 4 nitrogen and oxygen atoms in total. The molecule has 1 atom stereocenters. The first-order valence-corrected chi connectivity index (χ1v) is 7.12. The van der Waals surface area contributed by atoms with Crippen molar-refractivity contribution < 1.29 is 14.3 Å². The van der Waals surface area contributed by atoms with Gasteiger partial charge in [0.15, 0.2) is 0 Å². The van der Waals surface area contributed by atoms with Gasteiger partial charge in [0.2, 0.25) is 5.91 Å². The maximum Gasteiger partial charge on any atom is 0.325 e. The number of fused-ring (bicyclic) bond motifs is 1. The molecule has 2 rings (SSSR count). The van der Waals surface area contributed by atoms with E-state index in [1.165, 1.54) is 10.5 Å². The third kappa shape index (κ3) is 3.18. The molecule has 0 aromatic heterocycles. The van der Waals surface area contributed by atoms with Gasteiger partial charge >= 0.3 is 5.97 Å². The predicted octanol–water partition coefficient (Wildman–Crippen LogP) is 2.13. The van der Waals surface area contributed by atoms with Crippen LogP contribution in [0.5, 0.6) is 0 Å². The molecule has 0 radical (unpaired) electrons. The number of ether oxygens (including phenoxy) is 1. The van der Waals surface area contributed by atoms with Gasteiger partial charge in [-0.1, -0.05) is 24.3 Å². The minimum atomic E-state index is -0.354. The van der Waals surface area contributed by atoms with Crippen LogP contribution in [0.4, 0.5) is 0 Å². The number of carbonyl (C=O) groups is 2. The Morgan fingerprint density at radius 3 is 2.85 bits per heavy atom. The van der Waals surface area contributed by atoms with Gasteiger partial charge in [-0.3, -0.25) is 9.59 Å². The summed E-state index contributed by atoms with van der Waals surface area (Å²) in [5.74, 6) is -0.475. The minimum absolute atomic E-state index is 0.00482. The molecule has 1 aliphatic rings. The first-order valence-electron chi connectivity index (χ1n) is 7.12. The number of amides is 1. The van der Waals surface area contributed by atoms with Crippen LogP contribution < -0.4 is 0 Å². The Morgan fingerprint density at radius 1 is 1.35 bits per heavy atom. The van der Waals surface area contributed by atoms with E-state index in [1.807, 2.05) is 18.2 Å². The van der Waals surface area contributed by atoms with E-state index in [4.69, 9.17) is 4.74 Å². The van der Waals surface area contributed by atoms with Crippen molar-refractivity contribution in [2.75, 3.05) is 20.2 Å². The zero-order chi connectivity index (χ0) is 14.5. The van der Waals surface area contributed by atoms with Gasteiger partial charge in [-0.15, -0.1) is 0 Å². The molecule has 1 unspecified atom stereocenters. The lowest BCUT2D eigenvalue weighted by atomic mass is 9.82. The summed E-state index contributed by atoms with van der Waals surface area (Å²) in [5, 5.41) is 0. The fourth-order valence-corrected chi connectivity index (χ4v) is 2.75. The molecular weight excluding hydrogens is 254 g/mol. The number of nitrogens with zero attached hydrogens (tertiary/aromatic N) is 1. The van der Waals surface area contributed by atoms with E-state index < -0.39 is 0 Å². The lowest BCUT2D eigenvalue weighted by Crippen LogP contribution is -2.37. The van der Waals surface area contributed by atoms with E-state index >= 15 is 0 Å². The van der Waals surface area contributed by atoms with Crippen molar-refractivity contribution >= 4 is 11.9 Å². The van der Waals surface area contributed by atoms with Crippen LogP contribution in [-0.2, 0) is 20.7 Å². The van der Waals surface area contributed by atoms with E-state index in [0.717, 1.165) is 24.8 Å². The van der Waals surface area contributed by atoms with Crippen LogP contribution in [0, 0.1) is 0 Å². The summed E-state index contributed by atoms with van der Waals surface area (Å²) < 4.78 is 4.89. The van der Waals surface area contributed by atoms with Crippen molar-refractivity contribution in [3.63, 3.8) is 0 Å². The number of rotatable bonds is 4. The van der Waals surface area contributed by atoms with Crippen LogP contribution in [0.3, 0.4) is 0 Å². The number of hydrogen-bond donors (Lipinski definition) is 0. The van der Waals surface area contributed by atoms with Crippen molar-refractivity contribution in [2.24, 2.45) is 0 Å². The molecule has 20 heavy (non-hydrogen) atoms. The summed E-state index contributed by atoms with van der Waals surface area (Å²) in [4.78, 5) is 25.5. The van der Waals surface area contributed by atoms with Crippen molar-refractivity contribution in [3.05, 3.63) is 35.4 Å². The molecule has 0 heterocycles. The average Bonchev–Trinajstić information content (AvgIpc) is 2.46. The molecule has 0 bridgehead atoms. The van der Waals surface area contributed by atoms with E-state index in [1.54, 1.807) is 14.0 Å². The molecule has 0 aliphatic heterocycles. The summed E-state index contributed by atoms with van der Waals surface area (Å²) in [6.07, 6.45) is 2.89. The maximum atomic E-state index is 12.5. The van der Waals surface area contributed by atoms with Crippen molar-refractivity contribution in [3.8, 4) is 0 Å². The number of carbonyl (C=O) groups excluding carboxylic acids is 2. The van der Waals surface area contributed by atoms with E-state index in [2.05, 4.69) is 6.07 Å². The number of likely N-dealkylation sites (N-methyl/N-ethyl adjacent to an activating group) is 1. The second-order valence-corrected chi connectivity index (χ2v) is 5.14. The summed E-state index contributed by atoms with van der Waals surface area (Å²) >= 11 is 0. The van der Waals surface area contributed by atoms with Gasteiger partial charge in [-0.05, 0) is 37.3 Å². The standard InChI is InChI=1S/C16H21NO3/c1-3-20-15(18)11-17(2)16(19)14-10-6-8-12-7-4-5-9-13(12)14/h4-5,7,9,14H,3,6,8,10-11H2,1-2H3. The Morgan fingerprint density at radius 2 is 2.10 bits per heavy atom. The molecule has 4 heteroatoms. The molecule has 1 aromatic rings. The van der Waals surface area contributed by atoms with Gasteiger partial charge in [-0.2, -0.15) is 0 Å². The molecule has 0 fully saturated rings. The third-order valence-electron chi connectivity index (χ3n) is 3.72. The average molecular weight is 275 g/mol. The summed E-state index contributed by atoms with van der Waals surface area (Å²) in [5.41, 5.74) is 2.36. The monoisotopic (exact) mass is 275 g/mol. The Bertz CT molecular complexity index is 498. The normalized spacial score (nSPS) is 17.2. The van der Waals surface area contributed by atoms with Crippen molar-refractivity contribution in [1.82, 2.24) is 4.90 Å². The zero-order valence-corrected chi connectivity index (χ0v) is 12.1. The molecule has 108 valence electrons. The first-order chi connectivity index (χ1) is 9.63. The predicted molar refractivity (Wildman–Crippen MR) is 76.4 cm³/mol. The first kappa shape index (κ1) is 14.6. The highest BCUT2D eigenvalue weighted by Crippen LogP contribution is 2.32. The fraction of sp³-hybridized carbons (Fsp3) is 0.500. The van der Waals surface area contributed by atoms with Crippen LogP contribution in [0.2, 0.25) is 0 Å². The summed E-state index contributed by atoms with van der Waals surface area (Å²) in [6.45, 7) is 2.12. The number of aryl methyl sites for hydroxylation is 1. The second-order valence-electron chi connectivity index (χ2n) is 5.14. The Balaban J connectivity index is 2.08. The lowest BCUT2D eigenvalue weighted by molar-refractivity contribution is -0.148. The highest BCUT2D eigenvalue weighted by atomic mass is 16.5. The molecule has 0 saturated heterocycles. The second kappa shape index (κ2) is 6.55. The largest absolute Gasteiger partial charge is 0.465 e. The Hall–Kier alpha value is -1.84. The van der Waals surface area contributed by atoms with Gasteiger partial charge in [0, 0.05) is 7.05 Å². The summed E-state index contributed by atoms with van der Waals surface area (Å²) in [7, 11) is 1.66. The van der Waals surface area contributed by atoms with Gasteiger partial charge < -0.3 is 9.64 Å². The van der Waals surface area contributed by atoms with Crippen LogP contribution in [0.15, 0.2) is 24.3 Å². The topological polar surface area (TPSA) is 46.6 Å². The smallest absolute Gasteiger partial charge is 0.325 e. The lowest BCUT2D eigenvalue weighted by Gasteiger charge is -2.28. The molecule has 0 N–H and O–H groups in total. The van der Waals surface area contributed by atoms with Crippen LogP contribution >= 0.6 is 0 Å². The van der Waals surface area contributed by atoms with Gasteiger partial charge in [0.25, 0.3) is 0 Å². The zero-order valence-electron chi connectivity index (χ0n) is 12.1. The van der Waals surface area contributed by atoms with E-state index in [-0.39, 0.29) is 24.3 Å². The van der Waals surface area contributed by atoms with Gasteiger partial charge in [0.1, 0.15) is 6.54 Å². The fourth-order valence-electron chi connectivity index (χ4n) is 2.75. The molecular formula is C16H21NO3. The van der Waals surface area contributed by atoms with Crippen LogP contribution in [0.25, 0.3) is 0 Å². The molecule has 1 amide bonds. The SMILES string of the molecule is CCOC(=O)CN(C)C(=O)C1CCCc2ccccc21.